The van der Waals surface area contributed by atoms with Crippen molar-refractivity contribution in [3.63, 3.8) is 0 Å². The van der Waals surface area contributed by atoms with Crippen LogP contribution in [0.25, 0.3) is 0 Å². The van der Waals surface area contributed by atoms with Crippen molar-refractivity contribution in [2.75, 3.05) is 20.3 Å². The molecule has 0 aliphatic carbocycles. The molecule has 1 rings (SSSR count). The molecule has 0 radical (unpaired) electrons. The van der Waals surface area contributed by atoms with E-state index in [1.807, 2.05) is 0 Å². The molecule has 0 aliphatic rings. The minimum atomic E-state index is -0.984. The predicted molar refractivity (Wildman–Crippen MR) is 71.2 cm³/mol. The molecule has 19 heavy (non-hydrogen) atoms. The zero-order valence-corrected chi connectivity index (χ0v) is 11.0. The lowest BCUT2D eigenvalue weighted by Crippen LogP contribution is -2.26. The lowest BCUT2D eigenvalue weighted by molar-refractivity contribution is -0.120. The summed E-state index contributed by atoms with van der Waals surface area (Å²) in [5.41, 5.74) is 0.902. The predicted octanol–water partition coefficient (Wildman–Crippen LogP) is 1.47. The fraction of sp³-hybridized carbons (Fsp3) is 0.429. The standard InChI is InChI=1S/C14H19NO4/c1-19-8-3-2-7-15-13(16)10-11-5-4-6-12(9-11)14(17)18/h4-6,9H,2-3,7-8,10H2,1H3,(H,15,16)(H,17,18). The topological polar surface area (TPSA) is 75.6 Å². The van der Waals surface area contributed by atoms with Crippen LogP contribution >= 0.6 is 0 Å². The summed E-state index contributed by atoms with van der Waals surface area (Å²) in [6.07, 6.45) is 1.98. The Labute approximate surface area is 112 Å². The van der Waals surface area contributed by atoms with Crippen molar-refractivity contribution in [3.05, 3.63) is 35.4 Å². The Hall–Kier alpha value is -1.88. The van der Waals surface area contributed by atoms with Gasteiger partial charge in [0.25, 0.3) is 0 Å². The Morgan fingerprint density at radius 1 is 1.32 bits per heavy atom. The number of carbonyl (C=O) groups excluding carboxylic acids is 1. The van der Waals surface area contributed by atoms with Crippen molar-refractivity contribution in [3.8, 4) is 0 Å². The van der Waals surface area contributed by atoms with E-state index in [1.54, 1.807) is 19.2 Å². The van der Waals surface area contributed by atoms with Gasteiger partial charge in [-0.3, -0.25) is 4.79 Å². The van der Waals surface area contributed by atoms with Gasteiger partial charge in [-0.05, 0) is 30.5 Å². The van der Waals surface area contributed by atoms with Crippen LogP contribution in [0.4, 0.5) is 0 Å². The third-order valence-corrected chi connectivity index (χ3v) is 2.64. The number of hydrogen-bond donors (Lipinski definition) is 2. The number of carboxylic acid groups (broad SMARTS) is 1. The van der Waals surface area contributed by atoms with E-state index in [9.17, 15) is 9.59 Å². The van der Waals surface area contributed by atoms with E-state index in [4.69, 9.17) is 9.84 Å². The zero-order valence-electron chi connectivity index (χ0n) is 11.0. The van der Waals surface area contributed by atoms with Crippen molar-refractivity contribution in [2.45, 2.75) is 19.3 Å². The van der Waals surface area contributed by atoms with Crippen molar-refractivity contribution < 1.29 is 19.4 Å². The van der Waals surface area contributed by atoms with Gasteiger partial charge in [-0.2, -0.15) is 0 Å². The van der Waals surface area contributed by atoms with E-state index in [1.165, 1.54) is 12.1 Å². The second-order valence-electron chi connectivity index (χ2n) is 4.23. The van der Waals surface area contributed by atoms with Crippen LogP contribution in [0.5, 0.6) is 0 Å². The van der Waals surface area contributed by atoms with Gasteiger partial charge < -0.3 is 15.2 Å². The molecule has 2 N–H and O–H groups in total. The molecule has 0 saturated heterocycles. The van der Waals surface area contributed by atoms with Crippen molar-refractivity contribution >= 4 is 11.9 Å². The Kier molecular flexibility index (Phi) is 6.60. The van der Waals surface area contributed by atoms with Crippen LogP contribution in [0.15, 0.2) is 24.3 Å². The van der Waals surface area contributed by atoms with Crippen LogP contribution in [-0.4, -0.2) is 37.2 Å². The van der Waals surface area contributed by atoms with E-state index in [2.05, 4.69) is 5.32 Å². The summed E-state index contributed by atoms with van der Waals surface area (Å²) in [5.74, 6) is -1.08. The van der Waals surface area contributed by atoms with Gasteiger partial charge in [-0.15, -0.1) is 0 Å². The number of amides is 1. The number of aromatic carboxylic acids is 1. The van der Waals surface area contributed by atoms with Crippen LogP contribution in [0.1, 0.15) is 28.8 Å². The highest BCUT2D eigenvalue weighted by Gasteiger charge is 2.06. The Bertz CT molecular complexity index is 431. The summed E-state index contributed by atoms with van der Waals surface area (Å²) >= 11 is 0. The molecule has 0 saturated carbocycles. The molecule has 0 heterocycles. The number of unbranched alkanes of at least 4 members (excludes halogenated alkanes) is 1. The SMILES string of the molecule is COCCCCNC(=O)Cc1cccc(C(=O)O)c1. The lowest BCUT2D eigenvalue weighted by atomic mass is 10.1. The maximum atomic E-state index is 11.6. The van der Waals surface area contributed by atoms with Crippen LogP contribution in [0, 0.1) is 0 Å². The van der Waals surface area contributed by atoms with Gasteiger partial charge in [-0.25, -0.2) is 4.79 Å². The maximum Gasteiger partial charge on any atom is 0.335 e. The van der Waals surface area contributed by atoms with Gasteiger partial charge in [0.1, 0.15) is 0 Å². The third-order valence-electron chi connectivity index (χ3n) is 2.64. The van der Waals surface area contributed by atoms with Gasteiger partial charge >= 0.3 is 5.97 Å². The first-order valence-corrected chi connectivity index (χ1v) is 6.21. The molecule has 1 amide bonds. The molecular formula is C14H19NO4. The lowest BCUT2D eigenvalue weighted by Gasteiger charge is -2.05. The number of ether oxygens (including phenoxy) is 1. The molecule has 0 fully saturated rings. The Balaban J connectivity index is 2.35. The summed E-state index contributed by atoms with van der Waals surface area (Å²) in [5, 5.41) is 11.7. The van der Waals surface area contributed by atoms with Gasteiger partial charge in [0.15, 0.2) is 0 Å². The van der Waals surface area contributed by atoms with Crippen LogP contribution < -0.4 is 5.32 Å². The first kappa shape index (κ1) is 15.2. The largest absolute Gasteiger partial charge is 0.478 e. The molecule has 104 valence electrons. The molecular weight excluding hydrogens is 246 g/mol. The summed E-state index contributed by atoms with van der Waals surface area (Å²) < 4.78 is 4.91. The first-order chi connectivity index (χ1) is 9.13. The van der Waals surface area contributed by atoms with Crippen molar-refractivity contribution in [1.82, 2.24) is 5.32 Å². The summed E-state index contributed by atoms with van der Waals surface area (Å²) in [6, 6.07) is 6.42. The average molecular weight is 265 g/mol. The molecule has 5 heteroatoms. The van der Waals surface area contributed by atoms with E-state index >= 15 is 0 Å². The average Bonchev–Trinajstić information content (AvgIpc) is 2.38. The molecule has 0 spiro atoms. The minimum absolute atomic E-state index is 0.0973. The molecule has 0 atom stereocenters. The number of methoxy groups -OCH3 is 1. The van der Waals surface area contributed by atoms with Gasteiger partial charge in [-0.1, -0.05) is 12.1 Å². The molecule has 0 aliphatic heterocycles. The second kappa shape index (κ2) is 8.26. The fourth-order valence-electron chi connectivity index (χ4n) is 1.66. The highest BCUT2D eigenvalue weighted by atomic mass is 16.5. The fourth-order valence-corrected chi connectivity index (χ4v) is 1.66. The van der Waals surface area contributed by atoms with Gasteiger partial charge in [0.05, 0.1) is 12.0 Å². The molecule has 1 aromatic carbocycles. The van der Waals surface area contributed by atoms with E-state index in [-0.39, 0.29) is 17.9 Å². The Morgan fingerprint density at radius 3 is 2.79 bits per heavy atom. The molecule has 0 bridgehead atoms. The zero-order chi connectivity index (χ0) is 14.1. The molecule has 1 aromatic rings. The van der Waals surface area contributed by atoms with E-state index in [0.717, 1.165) is 12.8 Å². The normalized spacial score (nSPS) is 10.2. The van der Waals surface area contributed by atoms with Crippen LogP contribution in [0.2, 0.25) is 0 Å². The summed E-state index contributed by atoms with van der Waals surface area (Å²) in [4.78, 5) is 22.4. The highest BCUT2D eigenvalue weighted by Crippen LogP contribution is 2.06. The molecule has 0 unspecified atom stereocenters. The highest BCUT2D eigenvalue weighted by molar-refractivity contribution is 5.88. The van der Waals surface area contributed by atoms with Crippen LogP contribution in [-0.2, 0) is 16.0 Å². The first-order valence-electron chi connectivity index (χ1n) is 6.21. The number of nitrogens with one attached hydrogen (secondary N) is 1. The van der Waals surface area contributed by atoms with E-state index < -0.39 is 5.97 Å². The quantitative estimate of drug-likeness (QED) is 0.698. The third kappa shape index (κ3) is 6.01. The number of benzene rings is 1. The maximum absolute atomic E-state index is 11.6. The number of hydrogen-bond acceptors (Lipinski definition) is 3. The van der Waals surface area contributed by atoms with E-state index in [0.29, 0.717) is 18.7 Å². The summed E-state index contributed by atoms with van der Waals surface area (Å²) in [6.45, 7) is 1.30. The van der Waals surface area contributed by atoms with Crippen LogP contribution in [0.3, 0.4) is 0 Å². The van der Waals surface area contributed by atoms with Crippen molar-refractivity contribution in [1.29, 1.82) is 0 Å². The monoisotopic (exact) mass is 265 g/mol. The van der Waals surface area contributed by atoms with Gasteiger partial charge in [0, 0.05) is 20.3 Å². The Morgan fingerprint density at radius 2 is 2.11 bits per heavy atom. The minimum Gasteiger partial charge on any atom is -0.478 e. The van der Waals surface area contributed by atoms with Crippen molar-refractivity contribution in [2.24, 2.45) is 0 Å². The number of carbonyl (C=O) groups is 2. The molecule has 0 aromatic heterocycles. The van der Waals surface area contributed by atoms with Gasteiger partial charge in [0.2, 0.25) is 5.91 Å². The number of rotatable bonds is 8. The summed E-state index contributed by atoms with van der Waals surface area (Å²) in [7, 11) is 1.65. The smallest absolute Gasteiger partial charge is 0.335 e. The number of carboxylic acids is 1. The second-order valence-corrected chi connectivity index (χ2v) is 4.23. The molecule has 5 nitrogen and oxygen atoms in total.